The third kappa shape index (κ3) is 1.36. The molecule has 14 heavy (non-hydrogen) atoms. The second-order valence-corrected chi connectivity index (χ2v) is 5.26. The number of halogens is 1. The van der Waals surface area contributed by atoms with Crippen molar-refractivity contribution in [2.45, 2.75) is 20.3 Å². The van der Waals surface area contributed by atoms with Crippen LogP contribution < -0.4 is 5.84 Å². The van der Waals surface area contributed by atoms with Crippen LogP contribution in [0.25, 0.3) is 0 Å². The van der Waals surface area contributed by atoms with Crippen molar-refractivity contribution in [3.05, 3.63) is 33.8 Å². The number of rotatable bonds is 0. The molecule has 0 heterocycles. The zero-order chi connectivity index (χ0) is 10.3. The van der Waals surface area contributed by atoms with E-state index in [1.165, 1.54) is 11.1 Å². The van der Waals surface area contributed by atoms with E-state index in [1.54, 1.807) is 0 Å². The van der Waals surface area contributed by atoms with Gasteiger partial charge in [-0.05, 0) is 24.1 Å². The number of benzene rings is 1. The molecule has 2 nitrogen and oxygen atoms in total. The molecule has 2 N–H and O–H groups in total. The summed E-state index contributed by atoms with van der Waals surface area (Å²) in [5.74, 6) is 5.44. The lowest BCUT2D eigenvalue weighted by molar-refractivity contribution is 0.539. The summed E-state index contributed by atoms with van der Waals surface area (Å²) in [6.45, 7) is 4.35. The van der Waals surface area contributed by atoms with Crippen LogP contribution in [0.3, 0.4) is 0 Å². The second-order valence-electron chi connectivity index (χ2n) is 4.34. The van der Waals surface area contributed by atoms with E-state index >= 15 is 0 Å². The predicted octanol–water partition coefficient (Wildman–Crippen LogP) is 2.69. The first kappa shape index (κ1) is 9.71. The first-order chi connectivity index (χ1) is 6.54. The lowest BCUT2D eigenvalue weighted by Crippen LogP contribution is -2.21. The molecule has 1 aromatic rings. The van der Waals surface area contributed by atoms with Crippen molar-refractivity contribution in [2.75, 3.05) is 0 Å². The van der Waals surface area contributed by atoms with Crippen LogP contribution in [0.15, 0.2) is 27.8 Å². The smallest absolute Gasteiger partial charge is 0.0734 e. The van der Waals surface area contributed by atoms with Crippen LogP contribution in [-0.4, -0.2) is 5.71 Å². The van der Waals surface area contributed by atoms with Gasteiger partial charge in [-0.3, -0.25) is 0 Å². The maximum absolute atomic E-state index is 5.44. The molecule has 0 amide bonds. The minimum atomic E-state index is 0.0673. The van der Waals surface area contributed by atoms with E-state index in [2.05, 4.69) is 47.0 Å². The van der Waals surface area contributed by atoms with Gasteiger partial charge in [-0.1, -0.05) is 35.8 Å². The van der Waals surface area contributed by atoms with E-state index in [4.69, 9.17) is 5.84 Å². The molecule has 3 heteroatoms. The topological polar surface area (TPSA) is 38.4 Å². The Kier molecular flexibility index (Phi) is 2.14. The van der Waals surface area contributed by atoms with Crippen molar-refractivity contribution in [1.82, 2.24) is 0 Å². The number of hydrogen-bond donors (Lipinski definition) is 1. The summed E-state index contributed by atoms with van der Waals surface area (Å²) in [5, 5.41) is 3.91. The molecule has 1 aliphatic rings. The predicted molar refractivity (Wildman–Crippen MR) is 62.4 cm³/mol. The largest absolute Gasteiger partial charge is 0.323 e. The molecule has 0 fully saturated rings. The van der Waals surface area contributed by atoms with Crippen molar-refractivity contribution >= 4 is 21.6 Å². The number of fused-ring (bicyclic) bond motifs is 1. The fourth-order valence-electron chi connectivity index (χ4n) is 2.11. The molecule has 0 aromatic heterocycles. The van der Waals surface area contributed by atoms with E-state index in [0.29, 0.717) is 0 Å². The zero-order valence-electron chi connectivity index (χ0n) is 8.34. The highest BCUT2D eigenvalue weighted by molar-refractivity contribution is 9.10. The van der Waals surface area contributed by atoms with Gasteiger partial charge in [-0.15, -0.1) is 0 Å². The van der Waals surface area contributed by atoms with Crippen LogP contribution in [0.5, 0.6) is 0 Å². The quantitative estimate of drug-likeness (QED) is 0.560. The van der Waals surface area contributed by atoms with E-state index in [0.717, 1.165) is 16.6 Å². The molecule has 0 unspecified atom stereocenters. The van der Waals surface area contributed by atoms with Gasteiger partial charge in [0.05, 0.1) is 5.71 Å². The van der Waals surface area contributed by atoms with Crippen molar-refractivity contribution in [3.63, 3.8) is 0 Å². The first-order valence-electron chi connectivity index (χ1n) is 4.62. The summed E-state index contributed by atoms with van der Waals surface area (Å²) in [4.78, 5) is 0. The van der Waals surface area contributed by atoms with Crippen LogP contribution >= 0.6 is 15.9 Å². The van der Waals surface area contributed by atoms with Crippen LogP contribution in [0, 0.1) is 5.41 Å². The zero-order valence-corrected chi connectivity index (χ0v) is 9.93. The normalized spacial score (nSPS) is 21.2. The van der Waals surface area contributed by atoms with E-state index in [9.17, 15) is 0 Å². The standard InChI is InChI=1S/C11H13BrN2/c1-11(2)6-7-5-8(12)3-4-9(7)10(11)14-13/h3-5H,6,13H2,1-2H3. The minimum absolute atomic E-state index is 0.0673. The van der Waals surface area contributed by atoms with Gasteiger partial charge in [0.15, 0.2) is 0 Å². The molecule has 74 valence electrons. The average molecular weight is 253 g/mol. The SMILES string of the molecule is CC1(C)Cc2cc(Br)ccc2C1=NN. The van der Waals surface area contributed by atoms with Gasteiger partial charge in [0.25, 0.3) is 0 Å². The Morgan fingerprint density at radius 3 is 2.79 bits per heavy atom. The number of nitrogens with zero attached hydrogens (tertiary/aromatic N) is 1. The molecule has 0 bridgehead atoms. The summed E-state index contributed by atoms with van der Waals surface area (Å²) >= 11 is 3.47. The van der Waals surface area contributed by atoms with Crippen molar-refractivity contribution in [1.29, 1.82) is 0 Å². The van der Waals surface area contributed by atoms with Crippen LogP contribution in [-0.2, 0) is 6.42 Å². The van der Waals surface area contributed by atoms with Crippen molar-refractivity contribution in [3.8, 4) is 0 Å². The summed E-state index contributed by atoms with van der Waals surface area (Å²) in [6, 6.07) is 6.26. The molecule has 0 saturated heterocycles. The van der Waals surface area contributed by atoms with E-state index < -0.39 is 0 Å². The first-order valence-corrected chi connectivity index (χ1v) is 5.41. The van der Waals surface area contributed by atoms with Gasteiger partial charge >= 0.3 is 0 Å². The third-order valence-corrected chi connectivity index (χ3v) is 3.22. The van der Waals surface area contributed by atoms with Crippen LogP contribution in [0.4, 0.5) is 0 Å². The monoisotopic (exact) mass is 252 g/mol. The van der Waals surface area contributed by atoms with Crippen LogP contribution in [0.2, 0.25) is 0 Å². The Labute approximate surface area is 92.3 Å². The highest BCUT2D eigenvalue weighted by atomic mass is 79.9. The maximum Gasteiger partial charge on any atom is 0.0734 e. The highest BCUT2D eigenvalue weighted by Gasteiger charge is 2.35. The number of nitrogens with two attached hydrogens (primary N) is 1. The van der Waals surface area contributed by atoms with Gasteiger partial charge in [-0.2, -0.15) is 5.10 Å². The molecule has 0 aliphatic heterocycles. The van der Waals surface area contributed by atoms with Crippen molar-refractivity contribution < 1.29 is 0 Å². The number of hydrazone groups is 1. The molecular formula is C11H13BrN2. The molecule has 1 aliphatic carbocycles. The fourth-order valence-corrected chi connectivity index (χ4v) is 2.52. The molecule has 1 aromatic carbocycles. The van der Waals surface area contributed by atoms with Crippen LogP contribution in [0.1, 0.15) is 25.0 Å². The Hall–Kier alpha value is -0.830. The fraction of sp³-hybridized carbons (Fsp3) is 0.364. The number of hydrogen-bond acceptors (Lipinski definition) is 2. The van der Waals surface area contributed by atoms with Gasteiger partial charge in [0.1, 0.15) is 0 Å². The second kappa shape index (κ2) is 3.09. The lowest BCUT2D eigenvalue weighted by Gasteiger charge is -2.16. The average Bonchev–Trinajstić information content (AvgIpc) is 2.33. The molecule has 0 atom stereocenters. The van der Waals surface area contributed by atoms with E-state index in [1.807, 2.05) is 6.07 Å². The van der Waals surface area contributed by atoms with Gasteiger partial charge in [-0.25, -0.2) is 0 Å². The van der Waals surface area contributed by atoms with Gasteiger partial charge < -0.3 is 5.84 Å². The van der Waals surface area contributed by atoms with Crippen molar-refractivity contribution in [2.24, 2.45) is 16.4 Å². The molecule has 2 rings (SSSR count). The highest BCUT2D eigenvalue weighted by Crippen LogP contribution is 2.37. The van der Waals surface area contributed by atoms with Gasteiger partial charge in [0.2, 0.25) is 0 Å². The van der Waals surface area contributed by atoms with Gasteiger partial charge in [0, 0.05) is 15.5 Å². The Bertz CT molecular complexity index is 408. The Morgan fingerprint density at radius 2 is 2.14 bits per heavy atom. The lowest BCUT2D eigenvalue weighted by atomic mass is 9.88. The summed E-state index contributed by atoms with van der Waals surface area (Å²) in [6.07, 6.45) is 1.01. The summed E-state index contributed by atoms with van der Waals surface area (Å²) in [5.41, 5.74) is 3.60. The summed E-state index contributed by atoms with van der Waals surface area (Å²) in [7, 11) is 0. The molecular weight excluding hydrogens is 240 g/mol. The minimum Gasteiger partial charge on any atom is -0.323 e. The molecule has 0 saturated carbocycles. The third-order valence-electron chi connectivity index (χ3n) is 2.72. The van der Waals surface area contributed by atoms with E-state index in [-0.39, 0.29) is 5.41 Å². The maximum atomic E-state index is 5.44. The Morgan fingerprint density at radius 1 is 1.43 bits per heavy atom. The summed E-state index contributed by atoms with van der Waals surface area (Å²) < 4.78 is 1.12. The Balaban J connectivity index is 2.60. The molecule has 0 spiro atoms. The molecule has 0 radical (unpaired) electrons.